The van der Waals surface area contributed by atoms with Gasteiger partial charge >= 0.3 is 11.6 Å². The molecule has 0 spiro atoms. The molecule has 3 rings (SSSR count). The van der Waals surface area contributed by atoms with E-state index in [0.717, 1.165) is 6.42 Å². The van der Waals surface area contributed by atoms with Crippen LogP contribution in [0.1, 0.15) is 41.0 Å². The van der Waals surface area contributed by atoms with Gasteiger partial charge in [0.25, 0.3) is 5.91 Å². The van der Waals surface area contributed by atoms with Crippen LogP contribution >= 0.6 is 23.2 Å². The van der Waals surface area contributed by atoms with Gasteiger partial charge in [0.2, 0.25) is 0 Å². The zero-order valence-electron chi connectivity index (χ0n) is 15.6. The van der Waals surface area contributed by atoms with E-state index in [2.05, 4.69) is 5.32 Å². The molecule has 0 saturated heterocycles. The van der Waals surface area contributed by atoms with E-state index in [1.807, 2.05) is 13.8 Å². The number of amides is 1. The Labute approximate surface area is 176 Å². The number of carbonyl (C=O) groups excluding carboxylic acids is 2. The molecule has 29 heavy (non-hydrogen) atoms. The third-order valence-corrected chi connectivity index (χ3v) is 4.85. The molecule has 0 radical (unpaired) electrons. The van der Waals surface area contributed by atoms with Crippen LogP contribution < -0.4 is 15.7 Å². The van der Waals surface area contributed by atoms with Gasteiger partial charge in [-0.3, -0.25) is 4.79 Å². The number of nitrogens with one attached hydrogen (secondary N) is 1. The summed E-state index contributed by atoms with van der Waals surface area (Å²) in [6.07, 6.45) is 0.733. The molecule has 150 valence electrons. The molecular formula is C21H17Cl2NO5. The first kappa shape index (κ1) is 20.9. The van der Waals surface area contributed by atoms with Crippen molar-refractivity contribution in [2.75, 3.05) is 0 Å². The number of fused-ring (bicyclic) bond motifs is 1. The molecule has 1 heterocycles. The Kier molecular flexibility index (Phi) is 6.25. The van der Waals surface area contributed by atoms with Crippen LogP contribution in [0.3, 0.4) is 0 Å². The van der Waals surface area contributed by atoms with Gasteiger partial charge < -0.3 is 14.5 Å². The lowest BCUT2D eigenvalue weighted by Crippen LogP contribution is -2.34. The van der Waals surface area contributed by atoms with Crippen LogP contribution in [0.15, 0.2) is 51.7 Å². The lowest BCUT2D eigenvalue weighted by atomic mass is 10.1. The van der Waals surface area contributed by atoms with Gasteiger partial charge in [-0.05, 0) is 49.7 Å². The van der Waals surface area contributed by atoms with Gasteiger partial charge in [0, 0.05) is 22.5 Å². The van der Waals surface area contributed by atoms with E-state index >= 15 is 0 Å². The Bertz CT molecular complexity index is 1160. The zero-order valence-corrected chi connectivity index (χ0v) is 17.1. The van der Waals surface area contributed by atoms with Crippen molar-refractivity contribution in [3.8, 4) is 5.75 Å². The normalized spacial score (nSPS) is 11.9. The molecule has 0 aliphatic carbocycles. The lowest BCUT2D eigenvalue weighted by molar-refractivity contribution is 0.0735. The minimum absolute atomic E-state index is 0.0703. The quantitative estimate of drug-likeness (QED) is 0.353. The summed E-state index contributed by atoms with van der Waals surface area (Å²) in [7, 11) is 0. The van der Waals surface area contributed by atoms with Crippen LogP contribution in [-0.4, -0.2) is 17.9 Å². The third kappa shape index (κ3) is 4.78. The second-order valence-electron chi connectivity index (χ2n) is 6.44. The predicted octanol–water partition coefficient (Wildman–Crippen LogP) is 4.85. The molecule has 8 heteroatoms. The highest BCUT2D eigenvalue weighted by Gasteiger charge is 2.17. The highest BCUT2D eigenvalue weighted by atomic mass is 35.5. The minimum atomic E-state index is -0.775. The van der Waals surface area contributed by atoms with Crippen molar-refractivity contribution in [1.82, 2.24) is 5.32 Å². The first-order chi connectivity index (χ1) is 13.8. The molecule has 3 aromatic rings. The van der Waals surface area contributed by atoms with Gasteiger partial charge in [-0.1, -0.05) is 30.1 Å². The predicted molar refractivity (Wildman–Crippen MR) is 111 cm³/mol. The molecule has 0 fully saturated rings. The maximum absolute atomic E-state index is 12.3. The van der Waals surface area contributed by atoms with Crippen molar-refractivity contribution in [3.05, 3.63) is 74.1 Å². The molecule has 0 bridgehead atoms. The van der Waals surface area contributed by atoms with Crippen molar-refractivity contribution < 1.29 is 18.7 Å². The van der Waals surface area contributed by atoms with Crippen LogP contribution in [0.4, 0.5) is 0 Å². The summed E-state index contributed by atoms with van der Waals surface area (Å²) in [5.41, 5.74) is -0.532. The van der Waals surface area contributed by atoms with Crippen LogP contribution in [0, 0.1) is 0 Å². The fraction of sp³-hybridized carbons (Fsp3) is 0.190. The molecule has 0 aliphatic rings. The van der Waals surface area contributed by atoms with Crippen LogP contribution in [0.2, 0.25) is 10.0 Å². The first-order valence-electron chi connectivity index (χ1n) is 8.84. The molecule has 1 amide bonds. The Morgan fingerprint density at radius 3 is 2.55 bits per heavy atom. The molecule has 1 N–H and O–H groups in total. The number of hydrogen-bond acceptors (Lipinski definition) is 5. The van der Waals surface area contributed by atoms with E-state index < -0.39 is 17.5 Å². The Morgan fingerprint density at radius 1 is 1.10 bits per heavy atom. The second-order valence-corrected chi connectivity index (χ2v) is 7.29. The number of rotatable bonds is 5. The molecular weight excluding hydrogens is 417 g/mol. The van der Waals surface area contributed by atoms with Crippen molar-refractivity contribution in [1.29, 1.82) is 0 Å². The monoisotopic (exact) mass is 433 g/mol. The summed E-state index contributed by atoms with van der Waals surface area (Å²) in [6.45, 7) is 3.77. The molecule has 1 atom stereocenters. The number of esters is 1. The average Bonchev–Trinajstić information content (AvgIpc) is 2.66. The van der Waals surface area contributed by atoms with E-state index in [1.54, 1.807) is 6.07 Å². The zero-order chi connectivity index (χ0) is 21.1. The molecule has 0 aliphatic heterocycles. The van der Waals surface area contributed by atoms with Gasteiger partial charge in [-0.2, -0.15) is 0 Å². The molecule has 6 nitrogen and oxygen atoms in total. The van der Waals surface area contributed by atoms with Crippen molar-refractivity contribution in [2.45, 2.75) is 26.3 Å². The van der Waals surface area contributed by atoms with Crippen molar-refractivity contribution >= 4 is 46.0 Å². The summed E-state index contributed by atoms with van der Waals surface area (Å²) in [5.74, 6) is -1.02. The lowest BCUT2D eigenvalue weighted by Gasteiger charge is -2.11. The Morgan fingerprint density at radius 2 is 1.86 bits per heavy atom. The number of benzene rings is 2. The number of halogens is 2. The van der Waals surface area contributed by atoms with E-state index in [4.69, 9.17) is 32.4 Å². The maximum atomic E-state index is 12.3. The van der Waals surface area contributed by atoms with Gasteiger partial charge in [-0.25, -0.2) is 9.59 Å². The van der Waals surface area contributed by atoms with E-state index in [1.165, 1.54) is 36.4 Å². The fourth-order valence-electron chi connectivity index (χ4n) is 2.53. The number of hydrogen-bond donors (Lipinski definition) is 1. The van der Waals surface area contributed by atoms with E-state index in [0.29, 0.717) is 10.4 Å². The maximum Gasteiger partial charge on any atom is 0.349 e. The molecule has 1 unspecified atom stereocenters. The standard InChI is InChI=1S/C21H17Cl2NO5/c1-3-11(2)24-19(25)16-8-12-4-6-14(10-18(12)29-21(16)27)28-20(26)15-7-5-13(22)9-17(15)23/h4-11H,3H2,1-2H3,(H,24,25). The van der Waals surface area contributed by atoms with Gasteiger partial charge in [0.05, 0.1) is 10.6 Å². The molecule has 0 saturated carbocycles. The van der Waals surface area contributed by atoms with E-state index in [-0.39, 0.29) is 33.5 Å². The Hall–Kier alpha value is -2.83. The van der Waals surface area contributed by atoms with Crippen LogP contribution in [0.5, 0.6) is 5.75 Å². The molecule has 1 aromatic heterocycles. The summed E-state index contributed by atoms with van der Waals surface area (Å²) in [4.78, 5) is 36.8. The van der Waals surface area contributed by atoms with Crippen LogP contribution in [0.25, 0.3) is 11.0 Å². The summed E-state index contributed by atoms with van der Waals surface area (Å²) in [5, 5.41) is 3.80. The summed E-state index contributed by atoms with van der Waals surface area (Å²) < 4.78 is 10.6. The smallest absolute Gasteiger partial charge is 0.349 e. The fourth-order valence-corrected chi connectivity index (χ4v) is 3.02. The SMILES string of the molecule is CCC(C)NC(=O)c1cc2ccc(OC(=O)c3ccc(Cl)cc3Cl)cc2oc1=O. The van der Waals surface area contributed by atoms with Gasteiger partial charge in [0.15, 0.2) is 0 Å². The highest BCUT2D eigenvalue weighted by Crippen LogP contribution is 2.25. The largest absolute Gasteiger partial charge is 0.423 e. The highest BCUT2D eigenvalue weighted by molar-refractivity contribution is 6.36. The number of ether oxygens (including phenoxy) is 1. The Balaban J connectivity index is 1.87. The van der Waals surface area contributed by atoms with Gasteiger partial charge in [-0.15, -0.1) is 0 Å². The van der Waals surface area contributed by atoms with Crippen LogP contribution in [-0.2, 0) is 0 Å². The van der Waals surface area contributed by atoms with Crippen molar-refractivity contribution in [3.63, 3.8) is 0 Å². The minimum Gasteiger partial charge on any atom is -0.423 e. The molecule has 2 aromatic carbocycles. The van der Waals surface area contributed by atoms with Crippen molar-refractivity contribution in [2.24, 2.45) is 0 Å². The number of carbonyl (C=O) groups is 2. The summed E-state index contributed by atoms with van der Waals surface area (Å²) >= 11 is 11.8. The van der Waals surface area contributed by atoms with Gasteiger partial charge in [0.1, 0.15) is 16.9 Å². The second kappa shape index (κ2) is 8.68. The average molecular weight is 434 g/mol. The first-order valence-corrected chi connectivity index (χ1v) is 9.60. The topological polar surface area (TPSA) is 85.6 Å². The summed E-state index contributed by atoms with van der Waals surface area (Å²) in [6, 6.07) is 10.3. The third-order valence-electron chi connectivity index (χ3n) is 4.30. The van der Waals surface area contributed by atoms with E-state index in [9.17, 15) is 14.4 Å².